The first-order valence-corrected chi connectivity index (χ1v) is 7.74. The lowest BCUT2D eigenvalue weighted by atomic mass is 10.1. The summed E-state index contributed by atoms with van der Waals surface area (Å²) in [5.41, 5.74) is 1.45. The summed E-state index contributed by atoms with van der Waals surface area (Å²) in [6.07, 6.45) is 3.06. The van der Waals surface area contributed by atoms with Crippen molar-refractivity contribution in [1.82, 2.24) is 19.9 Å². The Morgan fingerprint density at radius 2 is 2.04 bits per heavy atom. The highest BCUT2D eigenvalue weighted by Gasteiger charge is 2.18. The van der Waals surface area contributed by atoms with Crippen molar-refractivity contribution in [3.05, 3.63) is 41.8 Å². The van der Waals surface area contributed by atoms with Gasteiger partial charge in [0.2, 0.25) is 5.95 Å². The van der Waals surface area contributed by atoms with Crippen LogP contribution in [0, 0.1) is 0 Å². The molecule has 8 heteroatoms. The SMILES string of the molecule is CC(C)(CO)Nc1ncc2ncnc(Nc3cccc(Cl)c3)c2n1. The van der Waals surface area contributed by atoms with Crippen LogP contribution >= 0.6 is 11.6 Å². The Morgan fingerprint density at radius 1 is 1.21 bits per heavy atom. The largest absolute Gasteiger partial charge is 0.394 e. The molecule has 1 aromatic carbocycles. The van der Waals surface area contributed by atoms with Gasteiger partial charge in [-0.1, -0.05) is 17.7 Å². The lowest BCUT2D eigenvalue weighted by molar-refractivity contribution is 0.233. The van der Waals surface area contributed by atoms with E-state index >= 15 is 0 Å². The van der Waals surface area contributed by atoms with Crippen LogP contribution in [0.2, 0.25) is 5.02 Å². The average Bonchev–Trinajstić information content (AvgIpc) is 2.55. The maximum absolute atomic E-state index is 9.38. The van der Waals surface area contributed by atoms with E-state index in [-0.39, 0.29) is 6.61 Å². The molecule has 2 aromatic heterocycles. The topological polar surface area (TPSA) is 95.9 Å². The molecular weight excluding hydrogens is 328 g/mol. The molecule has 24 heavy (non-hydrogen) atoms. The van der Waals surface area contributed by atoms with Crippen molar-refractivity contribution in [3.8, 4) is 0 Å². The Bertz CT molecular complexity index is 870. The summed E-state index contributed by atoms with van der Waals surface area (Å²) in [6.45, 7) is 3.66. The van der Waals surface area contributed by atoms with Crippen molar-refractivity contribution in [2.24, 2.45) is 0 Å². The number of hydrogen-bond acceptors (Lipinski definition) is 7. The quantitative estimate of drug-likeness (QED) is 0.654. The number of nitrogens with one attached hydrogen (secondary N) is 2. The van der Waals surface area contributed by atoms with Gasteiger partial charge in [0, 0.05) is 10.7 Å². The van der Waals surface area contributed by atoms with Gasteiger partial charge in [-0.15, -0.1) is 0 Å². The summed E-state index contributed by atoms with van der Waals surface area (Å²) in [4.78, 5) is 17.1. The third-order valence-corrected chi connectivity index (χ3v) is 3.55. The highest BCUT2D eigenvalue weighted by atomic mass is 35.5. The molecule has 0 radical (unpaired) electrons. The van der Waals surface area contributed by atoms with E-state index in [1.807, 2.05) is 26.0 Å². The molecule has 7 nitrogen and oxygen atoms in total. The van der Waals surface area contributed by atoms with E-state index in [0.717, 1.165) is 5.69 Å². The van der Waals surface area contributed by atoms with Gasteiger partial charge in [-0.05, 0) is 32.0 Å². The molecule has 0 aliphatic rings. The number of anilines is 3. The zero-order chi connectivity index (χ0) is 17.2. The van der Waals surface area contributed by atoms with E-state index in [1.165, 1.54) is 6.33 Å². The highest BCUT2D eigenvalue weighted by Crippen LogP contribution is 2.24. The van der Waals surface area contributed by atoms with Crippen LogP contribution in [0.4, 0.5) is 17.5 Å². The number of aliphatic hydroxyl groups excluding tert-OH is 1. The molecule has 3 N–H and O–H groups in total. The van der Waals surface area contributed by atoms with Crippen LogP contribution in [-0.2, 0) is 0 Å². The fourth-order valence-electron chi connectivity index (χ4n) is 2.05. The molecule has 3 aromatic rings. The van der Waals surface area contributed by atoms with E-state index in [9.17, 15) is 5.11 Å². The average molecular weight is 345 g/mol. The van der Waals surface area contributed by atoms with Crippen LogP contribution < -0.4 is 10.6 Å². The number of fused-ring (bicyclic) bond motifs is 1. The Hall–Kier alpha value is -2.51. The van der Waals surface area contributed by atoms with Crippen molar-refractivity contribution in [2.45, 2.75) is 19.4 Å². The van der Waals surface area contributed by atoms with Gasteiger partial charge in [0.05, 0.1) is 18.3 Å². The highest BCUT2D eigenvalue weighted by molar-refractivity contribution is 6.30. The summed E-state index contributed by atoms with van der Waals surface area (Å²) in [7, 11) is 0. The number of aromatic nitrogens is 4. The van der Waals surface area contributed by atoms with Gasteiger partial charge in [-0.3, -0.25) is 0 Å². The summed E-state index contributed by atoms with van der Waals surface area (Å²) in [6, 6.07) is 7.32. The van der Waals surface area contributed by atoms with Gasteiger partial charge < -0.3 is 15.7 Å². The normalized spacial score (nSPS) is 11.5. The summed E-state index contributed by atoms with van der Waals surface area (Å²) >= 11 is 6.01. The van der Waals surface area contributed by atoms with Crippen molar-refractivity contribution in [2.75, 3.05) is 17.2 Å². The van der Waals surface area contributed by atoms with E-state index in [4.69, 9.17) is 11.6 Å². The molecule has 0 aliphatic carbocycles. The standard InChI is InChI=1S/C16H17ClN6O/c1-16(2,8-24)23-15-18-7-12-13(22-15)14(20-9-19-12)21-11-5-3-4-10(17)6-11/h3-7,9,24H,8H2,1-2H3,(H,18,22,23)(H,19,20,21). The maximum Gasteiger partial charge on any atom is 0.223 e. The zero-order valence-electron chi connectivity index (χ0n) is 13.3. The number of aliphatic hydroxyl groups is 1. The number of rotatable bonds is 5. The van der Waals surface area contributed by atoms with Gasteiger partial charge in [0.1, 0.15) is 17.4 Å². The predicted molar refractivity (Wildman–Crippen MR) is 94.7 cm³/mol. The van der Waals surface area contributed by atoms with Crippen LogP contribution in [0.3, 0.4) is 0 Å². The van der Waals surface area contributed by atoms with E-state index in [2.05, 4.69) is 30.6 Å². The molecule has 2 heterocycles. The third-order valence-electron chi connectivity index (χ3n) is 3.31. The minimum absolute atomic E-state index is 0.0483. The first-order chi connectivity index (χ1) is 11.5. The van der Waals surface area contributed by atoms with Gasteiger partial charge in [0.15, 0.2) is 5.82 Å². The van der Waals surface area contributed by atoms with E-state index < -0.39 is 5.54 Å². The van der Waals surface area contributed by atoms with Crippen LogP contribution in [0.25, 0.3) is 11.0 Å². The van der Waals surface area contributed by atoms with Crippen LogP contribution in [0.1, 0.15) is 13.8 Å². The first-order valence-electron chi connectivity index (χ1n) is 7.36. The number of benzene rings is 1. The number of nitrogens with zero attached hydrogens (tertiary/aromatic N) is 4. The second-order valence-electron chi connectivity index (χ2n) is 5.95. The molecule has 0 saturated heterocycles. The minimum atomic E-state index is -0.538. The summed E-state index contributed by atoms with van der Waals surface area (Å²) < 4.78 is 0. The van der Waals surface area contributed by atoms with Gasteiger partial charge in [-0.25, -0.2) is 19.9 Å². The fraction of sp³-hybridized carbons (Fsp3) is 0.250. The van der Waals surface area contributed by atoms with E-state index in [0.29, 0.717) is 27.8 Å². The molecule has 124 valence electrons. The second kappa shape index (κ2) is 6.54. The first kappa shape index (κ1) is 16.4. The molecule has 0 fully saturated rings. The monoisotopic (exact) mass is 344 g/mol. The van der Waals surface area contributed by atoms with E-state index in [1.54, 1.807) is 18.3 Å². The van der Waals surface area contributed by atoms with Gasteiger partial charge >= 0.3 is 0 Å². The molecule has 0 saturated carbocycles. The number of halogens is 1. The lowest BCUT2D eigenvalue weighted by Gasteiger charge is -2.23. The molecule has 0 spiro atoms. The minimum Gasteiger partial charge on any atom is -0.394 e. The number of hydrogen-bond donors (Lipinski definition) is 3. The predicted octanol–water partition coefficient (Wildman–Crippen LogP) is 3.00. The zero-order valence-corrected chi connectivity index (χ0v) is 14.0. The second-order valence-corrected chi connectivity index (χ2v) is 6.39. The van der Waals surface area contributed by atoms with Crippen molar-refractivity contribution in [3.63, 3.8) is 0 Å². The molecule has 0 bridgehead atoms. The molecule has 0 aliphatic heterocycles. The molecular formula is C16H17ClN6O. The molecule has 3 rings (SSSR count). The Morgan fingerprint density at radius 3 is 2.79 bits per heavy atom. The smallest absolute Gasteiger partial charge is 0.223 e. The van der Waals surface area contributed by atoms with Gasteiger partial charge in [-0.2, -0.15) is 0 Å². The van der Waals surface area contributed by atoms with Crippen molar-refractivity contribution < 1.29 is 5.11 Å². The lowest BCUT2D eigenvalue weighted by Crippen LogP contribution is -2.35. The van der Waals surface area contributed by atoms with Crippen LogP contribution in [-0.4, -0.2) is 37.2 Å². The maximum atomic E-state index is 9.38. The van der Waals surface area contributed by atoms with Crippen LogP contribution in [0.5, 0.6) is 0 Å². The van der Waals surface area contributed by atoms with Crippen LogP contribution in [0.15, 0.2) is 36.8 Å². The Balaban J connectivity index is 1.98. The Kier molecular flexibility index (Phi) is 4.46. The molecule has 0 amide bonds. The van der Waals surface area contributed by atoms with Gasteiger partial charge in [0.25, 0.3) is 0 Å². The Labute approximate surface area is 144 Å². The third kappa shape index (κ3) is 3.69. The van der Waals surface area contributed by atoms with Crippen molar-refractivity contribution >= 4 is 40.1 Å². The molecule has 0 atom stereocenters. The summed E-state index contributed by atoms with van der Waals surface area (Å²) in [5.74, 6) is 0.944. The van der Waals surface area contributed by atoms with Crippen molar-refractivity contribution in [1.29, 1.82) is 0 Å². The fourth-order valence-corrected chi connectivity index (χ4v) is 2.24. The molecule has 0 unspecified atom stereocenters. The summed E-state index contributed by atoms with van der Waals surface area (Å²) in [5, 5.41) is 16.3.